The summed E-state index contributed by atoms with van der Waals surface area (Å²) in [7, 11) is -1.67. The van der Waals surface area contributed by atoms with Gasteiger partial charge in [-0.05, 0) is 139 Å². The van der Waals surface area contributed by atoms with E-state index in [-0.39, 0.29) is 54.6 Å². The first-order chi connectivity index (χ1) is 57.1. The van der Waals surface area contributed by atoms with Gasteiger partial charge in [-0.2, -0.15) is 61.3 Å². The summed E-state index contributed by atoms with van der Waals surface area (Å²) in [5, 5.41) is 24.7. The van der Waals surface area contributed by atoms with Gasteiger partial charge in [0, 0.05) is 59.5 Å². The first-order valence-electron chi connectivity index (χ1n) is 38.3. The molecule has 6 atom stereocenters. The van der Waals surface area contributed by atoms with Crippen molar-refractivity contribution in [1.82, 2.24) is 83.2 Å². The molecule has 0 saturated heterocycles. The molecular weight excluding hydrogens is 1640 g/mol. The van der Waals surface area contributed by atoms with E-state index < -0.39 is 137 Å². The highest BCUT2D eigenvalue weighted by atomic mass is 32.2. The van der Waals surface area contributed by atoms with E-state index in [1.807, 2.05) is 45.5 Å². The molecule has 38 heteroatoms. The smallest absolute Gasteiger partial charge is 0.416 e. The molecule has 0 aliphatic heterocycles. The molecule has 6 aromatic carbocycles. The predicted octanol–water partition coefficient (Wildman–Crippen LogP) is 15.9. The molecule has 1 amide bonds. The standard InChI is InChI=1S/C26H27F5N6O2.C25H27F2N5.C18H24F3N3O2S.C15H16F4N4O/c1-17(2)25(11-35-15-32-14-33-35,22-9-4-19(28)10-23(22)29)12-37-24(38)36(16-34-37)20-5-7-21(8-6-20)39-13-26(30,31)18(3)27;1-17(2)25(14-32-16-28-15-30-32,22-10-9-21(26)13-23(22)27)18(3)19-5-7-20(8-6-19)24-11-12-29-31(24)4;1-13(2)17(10-24-12-22-11-23-24,16(3,4)27(5,25)26)14-6-8-15(9-7-14)18(19,20)21;1-9(2)14(15(18,19)13(20)24,6-23-8-21-7-22-23)11-4-3-10(16)5-12(11)17/h4-10,14-18H,11-13H2,1-3H3;5-13,15-18H,14H2,1-4H3;6-9,11-13H,10H2,1-5H3;3-5,7-9H,6H2,1-2H3,(H2,20,24)/t18?,25-;18-,25+;17-;14-/m0000/s1. The van der Waals surface area contributed by atoms with Crippen LogP contribution in [0.5, 0.6) is 5.75 Å². The number of benzene rings is 6. The normalized spacial score (nSPS) is 14.8. The van der Waals surface area contributed by atoms with Crippen LogP contribution in [0.25, 0.3) is 16.9 Å². The third-order valence-corrected chi connectivity index (χ3v) is 25.4. The molecule has 6 heterocycles. The number of carbonyl (C=O) groups excluding carboxylic acids is 1. The van der Waals surface area contributed by atoms with Crippen LogP contribution in [0, 0.1) is 58.6 Å². The first kappa shape index (κ1) is 94.1. The minimum Gasteiger partial charge on any atom is -0.487 e. The summed E-state index contributed by atoms with van der Waals surface area (Å²) in [5.74, 6) is -15.8. The second kappa shape index (κ2) is 37.7. The zero-order valence-corrected chi connectivity index (χ0v) is 69.9. The van der Waals surface area contributed by atoms with Crippen LogP contribution in [-0.2, 0) is 82.2 Å². The molecule has 654 valence electrons. The Morgan fingerprint density at radius 1 is 0.500 bits per heavy atom. The van der Waals surface area contributed by atoms with Crippen molar-refractivity contribution in [2.75, 3.05) is 12.9 Å². The van der Waals surface area contributed by atoms with Gasteiger partial charge in [-0.25, -0.2) is 73.1 Å². The number of aryl methyl sites for hydroxylation is 1. The molecule has 6 aromatic heterocycles. The van der Waals surface area contributed by atoms with E-state index in [9.17, 15) is 70.7 Å². The number of sulfone groups is 1. The molecule has 0 aliphatic rings. The van der Waals surface area contributed by atoms with E-state index in [1.165, 1.54) is 119 Å². The van der Waals surface area contributed by atoms with Crippen molar-refractivity contribution in [2.45, 2.75) is 172 Å². The number of nitrogens with zero attached hydrogens (tertiary/aromatic N) is 17. The van der Waals surface area contributed by atoms with Crippen molar-refractivity contribution >= 4 is 15.7 Å². The zero-order chi connectivity index (χ0) is 90.0. The minimum absolute atomic E-state index is 0.0263. The van der Waals surface area contributed by atoms with Crippen molar-refractivity contribution in [1.29, 1.82) is 0 Å². The third kappa shape index (κ3) is 19.9. The Hall–Kier alpha value is -11.7. The molecule has 0 spiro atoms. The second-order valence-corrected chi connectivity index (χ2v) is 34.1. The number of nitrogens with two attached hydrogens (primary N) is 1. The molecule has 2 N–H and O–H groups in total. The highest BCUT2D eigenvalue weighted by Gasteiger charge is 2.62. The maximum atomic E-state index is 15.2. The zero-order valence-electron chi connectivity index (χ0n) is 69.1. The Balaban J connectivity index is 0.000000188. The maximum Gasteiger partial charge on any atom is 0.416 e. The third-order valence-electron chi connectivity index (χ3n) is 23.2. The summed E-state index contributed by atoms with van der Waals surface area (Å²) >= 11 is 0. The van der Waals surface area contributed by atoms with E-state index in [1.54, 1.807) is 37.1 Å². The largest absolute Gasteiger partial charge is 0.487 e. The summed E-state index contributed by atoms with van der Waals surface area (Å²) in [6.07, 6.45) is 8.36. The van der Waals surface area contributed by atoms with Gasteiger partial charge in [-0.3, -0.25) is 28.2 Å². The lowest BCUT2D eigenvalue weighted by Crippen LogP contribution is -2.59. The highest BCUT2D eigenvalue weighted by molar-refractivity contribution is 7.92. The first-order valence-corrected chi connectivity index (χ1v) is 40.2. The molecule has 122 heavy (non-hydrogen) atoms. The number of carbonyl (C=O) groups is 1. The van der Waals surface area contributed by atoms with Gasteiger partial charge in [0.05, 0.1) is 59.8 Å². The van der Waals surface area contributed by atoms with E-state index in [0.29, 0.717) is 29.4 Å². The van der Waals surface area contributed by atoms with E-state index in [4.69, 9.17) is 10.5 Å². The number of primary amides is 1. The topological polar surface area (TPSA) is 267 Å². The summed E-state index contributed by atoms with van der Waals surface area (Å²) in [6, 6.07) is 30.0. The Morgan fingerprint density at radius 3 is 1.35 bits per heavy atom. The second-order valence-electron chi connectivity index (χ2n) is 31.6. The fraction of sp³-hybridized carbons (Fsp3) is 0.405. The fourth-order valence-electron chi connectivity index (χ4n) is 15.6. The maximum absolute atomic E-state index is 15.2. The average molecular weight is 1730 g/mol. The lowest BCUT2D eigenvalue weighted by Gasteiger charge is -2.49. The van der Waals surface area contributed by atoms with Crippen molar-refractivity contribution in [3.63, 3.8) is 0 Å². The number of hydrogen-bond acceptors (Lipinski definition) is 15. The van der Waals surface area contributed by atoms with Gasteiger partial charge in [-0.15, -0.1) is 0 Å². The number of alkyl halides is 8. The highest BCUT2D eigenvalue weighted by Crippen LogP contribution is 2.51. The molecule has 0 saturated carbocycles. The van der Waals surface area contributed by atoms with Crippen molar-refractivity contribution < 1.29 is 79.4 Å². The van der Waals surface area contributed by atoms with Crippen LogP contribution in [0.15, 0.2) is 201 Å². The quantitative estimate of drug-likeness (QED) is 0.0410. The Morgan fingerprint density at radius 2 is 0.951 bits per heavy atom. The molecule has 0 fully saturated rings. The van der Waals surface area contributed by atoms with Crippen LogP contribution in [0.1, 0.15) is 122 Å². The average Bonchev–Trinajstić information content (AvgIpc) is 0.753. The number of amides is 1. The Labute approximate surface area is 695 Å². The number of halogens is 14. The van der Waals surface area contributed by atoms with Crippen LogP contribution in [0.2, 0.25) is 0 Å². The van der Waals surface area contributed by atoms with Crippen LogP contribution < -0.4 is 16.2 Å². The number of aromatic nitrogens is 17. The summed E-state index contributed by atoms with van der Waals surface area (Å²) in [6.45, 7) is 19.4. The van der Waals surface area contributed by atoms with Gasteiger partial charge >= 0.3 is 23.7 Å². The van der Waals surface area contributed by atoms with Crippen molar-refractivity contribution in [3.05, 3.63) is 275 Å². The Kier molecular flexibility index (Phi) is 29.1. The minimum atomic E-state index is -4.46. The van der Waals surface area contributed by atoms with Crippen LogP contribution in [0.3, 0.4) is 0 Å². The van der Waals surface area contributed by atoms with Gasteiger partial charge in [0.15, 0.2) is 22.6 Å². The van der Waals surface area contributed by atoms with Gasteiger partial charge in [0.1, 0.15) is 97.6 Å². The lowest BCUT2D eigenvalue weighted by molar-refractivity contribution is -0.161. The summed E-state index contributed by atoms with van der Waals surface area (Å²) < 4.78 is 233. The molecule has 12 aromatic rings. The summed E-state index contributed by atoms with van der Waals surface area (Å²) in [4.78, 5) is 40.4. The number of ether oxygens (including phenoxy) is 1. The predicted molar refractivity (Wildman–Crippen MR) is 426 cm³/mol. The van der Waals surface area contributed by atoms with Crippen LogP contribution >= 0.6 is 0 Å². The number of rotatable bonds is 30. The van der Waals surface area contributed by atoms with Crippen LogP contribution in [-0.4, -0.2) is 133 Å². The fourth-order valence-corrected chi connectivity index (χ4v) is 16.7. The van der Waals surface area contributed by atoms with E-state index in [2.05, 4.69) is 95.6 Å². The van der Waals surface area contributed by atoms with Gasteiger partial charge in [0.25, 0.3) is 5.91 Å². The van der Waals surface area contributed by atoms with Crippen LogP contribution in [0.4, 0.5) is 61.5 Å². The molecule has 23 nitrogen and oxygen atoms in total. The molecule has 1 unspecified atom stereocenters. The number of hydrogen-bond donors (Lipinski definition) is 1. The van der Waals surface area contributed by atoms with E-state index in [0.717, 1.165) is 89.8 Å². The monoisotopic (exact) mass is 1730 g/mol. The van der Waals surface area contributed by atoms with E-state index >= 15 is 8.78 Å². The van der Waals surface area contributed by atoms with Gasteiger partial charge in [0.2, 0.25) is 0 Å². The Bertz CT molecular complexity index is 5600. The molecular formula is C84H94F14N18O5S. The molecule has 12 rings (SSSR count). The van der Waals surface area contributed by atoms with Gasteiger partial charge < -0.3 is 10.5 Å². The molecule has 0 radical (unpaired) electrons. The SMILES string of the molecule is CC(C)[C@@](Cn1cncn1)(c1ccc(C(F)(F)F)cc1)C(C)(C)S(C)(=O)=O.CC(C)[C@@](Cn1cncn1)(c1ccc(F)cc1F)C(F)(F)C(N)=O.CC(C)[C@@](Cn1cncn1)(c1ccc(F)cc1F)[C@@H](C)c1ccc(-c2ccnn2C)cc1.CC(F)C(F)(F)COc1ccc(-n2cnn(C[C@](Cn3cncn3)(c3ccc(F)cc3F)C(C)C)c2=O)cc1. The van der Waals surface area contributed by atoms with Crippen molar-refractivity contribution in [3.8, 4) is 22.7 Å². The summed E-state index contributed by atoms with van der Waals surface area (Å²) in [5.41, 5.74) is 2.59. The molecule has 0 bridgehead atoms. The molecule has 0 aliphatic carbocycles. The van der Waals surface area contributed by atoms with Crippen molar-refractivity contribution in [2.24, 2.45) is 36.5 Å². The lowest BCUT2D eigenvalue weighted by atomic mass is 9.61. The van der Waals surface area contributed by atoms with Gasteiger partial charge in [-0.1, -0.05) is 117 Å².